The number of rotatable bonds is 2. The van der Waals surface area contributed by atoms with Crippen LogP contribution in [0.3, 0.4) is 0 Å². The fourth-order valence-corrected chi connectivity index (χ4v) is 5.10. The van der Waals surface area contributed by atoms with Gasteiger partial charge in [-0.25, -0.2) is 0 Å². The maximum atomic E-state index is 9.76. The number of hydrogen-bond donors (Lipinski definition) is 2. The van der Waals surface area contributed by atoms with Crippen LogP contribution in [0.25, 0.3) is 0 Å². The molecule has 2 unspecified atom stereocenters. The van der Waals surface area contributed by atoms with Crippen molar-refractivity contribution in [3.8, 4) is 0 Å². The zero-order valence-electron chi connectivity index (χ0n) is 9.65. The molecule has 2 heteroatoms. The molecule has 0 aromatic rings. The Morgan fingerprint density at radius 3 is 1.80 bits per heavy atom. The molecule has 0 aliphatic heterocycles. The van der Waals surface area contributed by atoms with E-state index in [0.717, 1.165) is 17.8 Å². The van der Waals surface area contributed by atoms with Gasteiger partial charge < -0.3 is 10.8 Å². The second kappa shape index (κ2) is 3.21. The van der Waals surface area contributed by atoms with E-state index in [0.29, 0.717) is 5.41 Å². The molecule has 0 spiro atoms. The molecule has 15 heavy (non-hydrogen) atoms. The van der Waals surface area contributed by atoms with Crippen molar-refractivity contribution in [2.24, 2.45) is 28.9 Å². The molecule has 4 rings (SSSR count). The van der Waals surface area contributed by atoms with Gasteiger partial charge in [-0.1, -0.05) is 0 Å². The van der Waals surface area contributed by atoms with Gasteiger partial charge in [0.05, 0.1) is 6.10 Å². The highest BCUT2D eigenvalue weighted by Crippen LogP contribution is 2.61. The third kappa shape index (κ3) is 1.45. The molecule has 86 valence electrons. The smallest absolute Gasteiger partial charge is 0.0668 e. The first-order chi connectivity index (χ1) is 7.09. The van der Waals surface area contributed by atoms with Crippen molar-refractivity contribution in [3.63, 3.8) is 0 Å². The van der Waals surface area contributed by atoms with E-state index in [9.17, 15) is 5.11 Å². The molecule has 4 fully saturated rings. The van der Waals surface area contributed by atoms with Crippen LogP contribution in [0.1, 0.15) is 45.4 Å². The average molecular weight is 209 g/mol. The number of aliphatic hydroxyl groups excluding tert-OH is 1. The Balaban J connectivity index is 1.86. The van der Waals surface area contributed by atoms with Crippen molar-refractivity contribution in [2.45, 2.75) is 57.6 Å². The summed E-state index contributed by atoms with van der Waals surface area (Å²) in [6.07, 6.45) is 7.91. The lowest BCUT2D eigenvalue weighted by Gasteiger charge is -2.59. The predicted molar refractivity (Wildman–Crippen MR) is 60.3 cm³/mol. The van der Waals surface area contributed by atoms with Gasteiger partial charge in [0.25, 0.3) is 0 Å². The number of aliphatic hydroxyl groups is 1. The Bertz CT molecular complexity index is 226. The first-order valence-electron chi connectivity index (χ1n) is 6.53. The summed E-state index contributed by atoms with van der Waals surface area (Å²) in [6, 6.07) is 0.0194. The minimum Gasteiger partial charge on any atom is -0.392 e. The molecular weight excluding hydrogens is 186 g/mol. The van der Waals surface area contributed by atoms with Gasteiger partial charge in [-0.15, -0.1) is 0 Å². The Labute approximate surface area is 92.2 Å². The molecule has 3 N–H and O–H groups in total. The second-order valence-corrected chi connectivity index (χ2v) is 6.55. The number of hydrogen-bond acceptors (Lipinski definition) is 2. The average Bonchev–Trinajstić information content (AvgIpc) is 2.14. The minimum absolute atomic E-state index is 0.0194. The van der Waals surface area contributed by atoms with Gasteiger partial charge in [0.1, 0.15) is 0 Å². The van der Waals surface area contributed by atoms with Crippen molar-refractivity contribution >= 4 is 0 Å². The SMILES string of the molecule is CC(O)C(N)C12CC3CC(CC(C3)C1)C2. The summed E-state index contributed by atoms with van der Waals surface area (Å²) < 4.78 is 0. The largest absolute Gasteiger partial charge is 0.392 e. The van der Waals surface area contributed by atoms with Crippen molar-refractivity contribution in [3.05, 3.63) is 0 Å². The highest BCUT2D eigenvalue weighted by molar-refractivity contribution is 5.06. The van der Waals surface area contributed by atoms with Crippen LogP contribution in [0.4, 0.5) is 0 Å². The van der Waals surface area contributed by atoms with Gasteiger partial charge in [-0.05, 0) is 68.6 Å². The highest BCUT2D eigenvalue weighted by Gasteiger charge is 2.54. The van der Waals surface area contributed by atoms with Gasteiger partial charge in [-0.3, -0.25) is 0 Å². The van der Waals surface area contributed by atoms with E-state index in [4.69, 9.17) is 5.73 Å². The highest BCUT2D eigenvalue weighted by atomic mass is 16.3. The Morgan fingerprint density at radius 2 is 1.47 bits per heavy atom. The molecule has 0 radical (unpaired) electrons. The van der Waals surface area contributed by atoms with E-state index in [1.54, 1.807) is 0 Å². The molecule has 4 aliphatic rings. The fourth-order valence-electron chi connectivity index (χ4n) is 5.10. The zero-order valence-corrected chi connectivity index (χ0v) is 9.65. The van der Waals surface area contributed by atoms with E-state index in [1.807, 2.05) is 6.92 Å². The summed E-state index contributed by atoms with van der Waals surface area (Å²) in [6.45, 7) is 1.86. The van der Waals surface area contributed by atoms with Crippen molar-refractivity contribution < 1.29 is 5.11 Å². The fraction of sp³-hybridized carbons (Fsp3) is 1.00. The number of nitrogens with two attached hydrogens (primary N) is 1. The topological polar surface area (TPSA) is 46.2 Å². The molecule has 2 atom stereocenters. The molecule has 0 aromatic heterocycles. The van der Waals surface area contributed by atoms with E-state index < -0.39 is 0 Å². The quantitative estimate of drug-likeness (QED) is 0.730. The van der Waals surface area contributed by atoms with Crippen molar-refractivity contribution in [2.75, 3.05) is 0 Å². The Morgan fingerprint density at radius 1 is 1.07 bits per heavy atom. The normalized spacial score (nSPS) is 51.8. The standard InChI is InChI=1S/C13H23NO/c1-8(15)12(14)13-5-9-2-10(6-13)4-11(3-9)7-13/h8-12,15H,2-7,14H2,1H3. The van der Waals surface area contributed by atoms with Gasteiger partial charge in [0.2, 0.25) is 0 Å². The second-order valence-electron chi connectivity index (χ2n) is 6.55. The molecule has 0 saturated heterocycles. The van der Waals surface area contributed by atoms with Crippen LogP contribution in [0.2, 0.25) is 0 Å². The van der Waals surface area contributed by atoms with Crippen LogP contribution >= 0.6 is 0 Å². The van der Waals surface area contributed by atoms with E-state index >= 15 is 0 Å². The van der Waals surface area contributed by atoms with Crippen LogP contribution in [-0.4, -0.2) is 17.3 Å². The molecule has 4 saturated carbocycles. The Hall–Kier alpha value is -0.0800. The minimum atomic E-state index is -0.332. The molecule has 4 bridgehead atoms. The lowest BCUT2D eigenvalue weighted by molar-refractivity contribution is -0.0864. The zero-order chi connectivity index (χ0) is 10.6. The van der Waals surface area contributed by atoms with E-state index in [-0.39, 0.29) is 12.1 Å². The first-order valence-corrected chi connectivity index (χ1v) is 6.53. The van der Waals surface area contributed by atoms with Gasteiger partial charge >= 0.3 is 0 Å². The third-order valence-corrected chi connectivity index (χ3v) is 5.31. The lowest BCUT2D eigenvalue weighted by atomic mass is 9.47. The van der Waals surface area contributed by atoms with E-state index in [2.05, 4.69) is 0 Å². The van der Waals surface area contributed by atoms with Gasteiger partial charge in [0, 0.05) is 6.04 Å². The summed E-state index contributed by atoms with van der Waals surface area (Å²) in [7, 11) is 0. The summed E-state index contributed by atoms with van der Waals surface area (Å²) in [4.78, 5) is 0. The predicted octanol–water partition coefficient (Wildman–Crippen LogP) is 1.91. The monoisotopic (exact) mass is 209 g/mol. The molecule has 0 aromatic carbocycles. The Kier molecular flexibility index (Phi) is 2.16. The maximum Gasteiger partial charge on any atom is 0.0668 e. The molecule has 4 aliphatic carbocycles. The first kappa shape index (κ1) is 10.1. The van der Waals surface area contributed by atoms with Gasteiger partial charge in [0.15, 0.2) is 0 Å². The van der Waals surface area contributed by atoms with Gasteiger partial charge in [-0.2, -0.15) is 0 Å². The van der Waals surface area contributed by atoms with Crippen LogP contribution < -0.4 is 5.73 Å². The molecular formula is C13H23NO. The summed E-state index contributed by atoms with van der Waals surface area (Å²) in [5.41, 5.74) is 6.57. The molecule has 2 nitrogen and oxygen atoms in total. The third-order valence-electron chi connectivity index (χ3n) is 5.31. The summed E-state index contributed by atoms with van der Waals surface area (Å²) >= 11 is 0. The van der Waals surface area contributed by atoms with Crippen LogP contribution in [0.5, 0.6) is 0 Å². The maximum absolute atomic E-state index is 9.76. The summed E-state index contributed by atoms with van der Waals surface area (Å²) in [5.74, 6) is 2.79. The van der Waals surface area contributed by atoms with Crippen LogP contribution in [-0.2, 0) is 0 Å². The van der Waals surface area contributed by atoms with E-state index in [1.165, 1.54) is 38.5 Å². The lowest BCUT2D eigenvalue weighted by Crippen LogP contribution is -2.57. The van der Waals surface area contributed by atoms with Crippen molar-refractivity contribution in [1.82, 2.24) is 0 Å². The molecule has 0 amide bonds. The van der Waals surface area contributed by atoms with Crippen LogP contribution in [0, 0.1) is 23.2 Å². The van der Waals surface area contributed by atoms with Crippen LogP contribution in [0.15, 0.2) is 0 Å². The van der Waals surface area contributed by atoms with Crippen molar-refractivity contribution in [1.29, 1.82) is 0 Å². The molecule has 0 heterocycles. The summed E-state index contributed by atoms with van der Waals surface area (Å²) in [5, 5.41) is 9.76.